The van der Waals surface area contributed by atoms with Crippen LogP contribution in [0.3, 0.4) is 0 Å². The van der Waals surface area contributed by atoms with E-state index >= 15 is 0 Å². The average molecular weight is 496 g/mol. The first-order chi connectivity index (χ1) is 16.7. The molecule has 0 saturated heterocycles. The number of amides is 1. The fourth-order valence-corrected chi connectivity index (χ4v) is 5.76. The molecule has 5 nitrogen and oxygen atoms in total. The summed E-state index contributed by atoms with van der Waals surface area (Å²) in [6.45, 7) is 5.17. The summed E-state index contributed by atoms with van der Waals surface area (Å²) in [5.41, 5.74) is 3.13. The molecule has 0 radical (unpaired) electrons. The number of nitrogens with one attached hydrogen (secondary N) is 1. The second-order valence-corrected chi connectivity index (χ2v) is 11.3. The summed E-state index contributed by atoms with van der Waals surface area (Å²) in [5, 5.41) is 14.6. The Morgan fingerprint density at radius 1 is 1.23 bits per heavy atom. The van der Waals surface area contributed by atoms with Crippen LogP contribution >= 0.6 is 11.6 Å². The van der Waals surface area contributed by atoms with Gasteiger partial charge >= 0.3 is 0 Å². The second-order valence-electron chi connectivity index (χ2n) is 10.9. The van der Waals surface area contributed by atoms with Gasteiger partial charge in [-0.1, -0.05) is 62.2 Å². The highest BCUT2D eigenvalue weighted by Gasteiger charge is 2.33. The number of aliphatic hydroxyl groups is 1. The number of carbonyl (C=O) groups is 1. The number of imidazole rings is 1. The van der Waals surface area contributed by atoms with Crippen LogP contribution in [0.2, 0.25) is 5.02 Å². The van der Waals surface area contributed by atoms with Gasteiger partial charge in [0.15, 0.2) is 0 Å². The molecule has 1 aromatic heterocycles. The van der Waals surface area contributed by atoms with Crippen LogP contribution in [0.25, 0.3) is 11.0 Å². The predicted molar refractivity (Wildman–Crippen MR) is 143 cm³/mol. The summed E-state index contributed by atoms with van der Waals surface area (Å²) in [6.07, 6.45) is 5.37. The first kappa shape index (κ1) is 25.7. The van der Waals surface area contributed by atoms with Crippen molar-refractivity contribution >= 4 is 28.5 Å². The van der Waals surface area contributed by atoms with Gasteiger partial charge in [0.05, 0.1) is 17.1 Å². The van der Waals surface area contributed by atoms with Gasteiger partial charge in [-0.15, -0.1) is 0 Å². The Kier molecular flexibility index (Phi) is 8.18. The summed E-state index contributed by atoms with van der Waals surface area (Å²) >= 11 is 6.11. The second kappa shape index (κ2) is 11.1. The van der Waals surface area contributed by atoms with Crippen LogP contribution in [0.4, 0.5) is 0 Å². The Morgan fingerprint density at radius 2 is 2.00 bits per heavy atom. The number of benzene rings is 2. The Bertz CT molecular complexity index is 1150. The van der Waals surface area contributed by atoms with Crippen LogP contribution in [0.1, 0.15) is 69.7 Å². The molecule has 1 fully saturated rings. The Labute approximate surface area is 213 Å². The highest BCUT2D eigenvalue weighted by atomic mass is 35.5. The number of aryl methyl sites for hydroxylation is 2. The molecule has 1 saturated carbocycles. The van der Waals surface area contributed by atoms with Crippen molar-refractivity contribution in [2.75, 3.05) is 6.54 Å². The van der Waals surface area contributed by atoms with Crippen molar-refractivity contribution in [2.24, 2.45) is 18.4 Å². The van der Waals surface area contributed by atoms with Crippen LogP contribution in [0, 0.1) is 11.3 Å². The molecule has 1 heterocycles. The minimum atomic E-state index is -0.282. The molecule has 4 rings (SSSR count). The van der Waals surface area contributed by atoms with Gasteiger partial charge in [-0.25, -0.2) is 4.98 Å². The lowest BCUT2D eigenvalue weighted by molar-refractivity contribution is -0.121. The number of hydrogen-bond donors (Lipinski definition) is 2. The lowest BCUT2D eigenvalue weighted by Crippen LogP contribution is -2.37. The lowest BCUT2D eigenvalue weighted by Gasteiger charge is -2.34. The van der Waals surface area contributed by atoms with E-state index in [1.165, 1.54) is 5.56 Å². The molecule has 1 amide bonds. The van der Waals surface area contributed by atoms with E-state index in [0.717, 1.165) is 49.0 Å². The van der Waals surface area contributed by atoms with Crippen molar-refractivity contribution in [1.29, 1.82) is 0 Å². The van der Waals surface area contributed by atoms with Gasteiger partial charge in [0.2, 0.25) is 5.91 Å². The molecule has 6 heteroatoms. The molecule has 1 aliphatic rings. The number of hydrogen-bond acceptors (Lipinski definition) is 3. The normalized spacial score (nSPS) is 25.6. The third-order valence-corrected chi connectivity index (χ3v) is 7.94. The number of aromatic nitrogens is 2. The summed E-state index contributed by atoms with van der Waals surface area (Å²) in [7, 11) is 1.98. The van der Waals surface area contributed by atoms with Crippen molar-refractivity contribution in [3.05, 3.63) is 64.9 Å². The summed E-state index contributed by atoms with van der Waals surface area (Å²) in [6, 6.07) is 16.2. The smallest absolute Gasteiger partial charge is 0.220 e. The molecule has 0 spiro atoms. The van der Waals surface area contributed by atoms with Gasteiger partial charge in [0, 0.05) is 31.5 Å². The van der Waals surface area contributed by atoms with E-state index in [9.17, 15) is 9.90 Å². The van der Waals surface area contributed by atoms with Gasteiger partial charge in [0.1, 0.15) is 5.82 Å². The van der Waals surface area contributed by atoms with Crippen molar-refractivity contribution < 1.29 is 9.90 Å². The number of carbonyl (C=O) groups excluding carboxylic acids is 1. The van der Waals surface area contributed by atoms with Gasteiger partial charge in [-0.2, -0.15) is 0 Å². The highest BCUT2D eigenvalue weighted by Crippen LogP contribution is 2.41. The maximum atomic E-state index is 12.9. The Balaban J connectivity index is 1.40. The van der Waals surface area contributed by atoms with E-state index in [2.05, 4.69) is 48.4 Å². The van der Waals surface area contributed by atoms with E-state index in [4.69, 9.17) is 11.6 Å². The molecule has 2 N–H and O–H groups in total. The van der Waals surface area contributed by atoms with E-state index < -0.39 is 0 Å². The SMILES string of the molecule is C[C@@H]1CC[C@](C)(CNC(=O)CCc2nc3cc(Cl)ccc3n2C)C[C@H](c2ccccc2)C[C@@H](O)C1. The van der Waals surface area contributed by atoms with Gasteiger partial charge < -0.3 is 15.0 Å². The molecular weight excluding hydrogens is 458 g/mol. The van der Waals surface area contributed by atoms with Crippen LogP contribution in [-0.2, 0) is 18.3 Å². The molecule has 3 aromatic rings. The predicted octanol–water partition coefficient (Wildman–Crippen LogP) is 6.03. The fourth-order valence-electron chi connectivity index (χ4n) is 5.59. The van der Waals surface area contributed by atoms with E-state index in [1.54, 1.807) is 0 Å². The molecule has 0 unspecified atom stereocenters. The van der Waals surface area contributed by atoms with E-state index in [1.807, 2.05) is 35.9 Å². The fraction of sp³-hybridized carbons (Fsp3) is 0.517. The van der Waals surface area contributed by atoms with Crippen molar-refractivity contribution in [2.45, 2.75) is 70.8 Å². The number of aliphatic hydroxyl groups excluding tert-OH is 1. The third-order valence-electron chi connectivity index (χ3n) is 7.71. The topological polar surface area (TPSA) is 67.2 Å². The van der Waals surface area contributed by atoms with Crippen molar-refractivity contribution in [3.63, 3.8) is 0 Å². The van der Waals surface area contributed by atoms with Crippen LogP contribution in [-0.4, -0.2) is 33.2 Å². The van der Waals surface area contributed by atoms with Crippen LogP contribution in [0.5, 0.6) is 0 Å². The molecule has 4 atom stereocenters. The van der Waals surface area contributed by atoms with Crippen molar-refractivity contribution in [1.82, 2.24) is 14.9 Å². The summed E-state index contributed by atoms with van der Waals surface area (Å²) < 4.78 is 2.04. The number of nitrogens with zero attached hydrogens (tertiary/aromatic N) is 2. The standard InChI is InChI=1S/C29H38ClN3O2/c1-20-13-14-29(2,18-22(16-24(34)15-20)21-7-5-4-6-8-21)19-31-28(35)12-11-27-32-25-17-23(30)9-10-26(25)33(27)3/h4-10,17,20,22,24,34H,11-16,18-19H2,1-3H3,(H,31,35)/t20-,22-,24+,29+/m1/s1. The van der Waals surface area contributed by atoms with Crippen molar-refractivity contribution in [3.8, 4) is 0 Å². The van der Waals surface area contributed by atoms with E-state index in [-0.39, 0.29) is 23.3 Å². The Hall–Kier alpha value is -2.37. The maximum Gasteiger partial charge on any atom is 0.220 e. The average Bonchev–Trinajstić information content (AvgIpc) is 3.16. The molecule has 0 aliphatic heterocycles. The summed E-state index contributed by atoms with van der Waals surface area (Å²) in [4.78, 5) is 17.5. The molecule has 35 heavy (non-hydrogen) atoms. The third kappa shape index (κ3) is 6.65. The molecular formula is C29H38ClN3O2. The maximum absolute atomic E-state index is 12.9. The molecule has 188 valence electrons. The number of halogens is 1. The summed E-state index contributed by atoms with van der Waals surface area (Å²) in [5.74, 6) is 1.70. The minimum absolute atomic E-state index is 0.0247. The van der Waals surface area contributed by atoms with Gasteiger partial charge in [-0.05, 0) is 66.7 Å². The van der Waals surface area contributed by atoms with Crippen LogP contribution in [0.15, 0.2) is 48.5 Å². The number of rotatable bonds is 6. The van der Waals surface area contributed by atoms with E-state index in [0.29, 0.717) is 30.3 Å². The zero-order valence-electron chi connectivity index (χ0n) is 21.1. The molecule has 1 aliphatic carbocycles. The van der Waals surface area contributed by atoms with Gasteiger partial charge in [0.25, 0.3) is 0 Å². The number of fused-ring (bicyclic) bond motifs is 1. The zero-order chi connectivity index (χ0) is 25.0. The first-order valence-corrected chi connectivity index (χ1v) is 13.2. The highest BCUT2D eigenvalue weighted by molar-refractivity contribution is 6.31. The minimum Gasteiger partial charge on any atom is -0.393 e. The van der Waals surface area contributed by atoms with Gasteiger partial charge in [-0.3, -0.25) is 4.79 Å². The molecule has 2 aromatic carbocycles. The monoisotopic (exact) mass is 495 g/mol. The van der Waals surface area contributed by atoms with Crippen LogP contribution < -0.4 is 5.32 Å². The quantitative estimate of drug-likeness (QED) is 0.439. The lowest BCUT2D eigenvalue weighted by atomic mass is 9.74. The Morgan fingerprint density at radius 3 is 2.77 bits per heavy atom. The zero-order valence-corrected chi connectivity index (χ0v) is 21.9. The first-order valence-electron chi connectivity index (χ1n) is 12.8. The largest absolute Gasteiger partial charge is 0.393 e. The molecule has 0 bridgehead atoms.